The van der Waals surface area contributed by atoms with E-state index in [0.29, 0.717) is 23.3 Å². The predicted octanol–water partition coefficient (Wildman–Crippen LogP) is 1.34. The van der Waals surface area contributed by atoms with Crippen LogP contribution >= 0.6 is 0 Å². The van der Waals surface area contributed by atoms with Crippen LogP contribution in [0.25, 0.3) is 5.95 Å². The fourth-order valence-corrected chi connectivity index (χ4v) is 2.70. The maximum atomic E-state index is 5.43. The third-order valence-corrected chi connectivity index (χ3v) is 3.95. The van der Waals surface area contributed by atoms with E-state index in [4.69, 9.17) is 5.84 Å². The highest BCUT2D eigenvalue weighted by Crippen LogP contribution is 2.37. The summed E-state index contributed by atoms with van der Waals surface area (Å²) in [7, 11) is 0. The van der Waals surface area contributed by atoms with Gasteiger partial charge in [-0.2, -0.15) is 20.1 Å². The minimum Gasteiger partial charge on any atom is -0.353 e. The standard InChI is InChI=1S/C13H20N8/c1-13(5-2-3-6-13)9-15-10-17-11(20-14)19-12(18-10)21-8-4-7-16-21/h4,7-8H,2-3,5-6,9,14H2,1H3,(H2,15,17,18,19,20). The van der Waals surface area contributed by atoms with Crippen LogP contribution in [0.5, 0.6) is 0 Å². The number of anilines is 2. The summed E-state index contributed by atoms with van der Waals surface area (Å²) < 4.78 is 1.57. The molecule has 3 rings (SSSR count). The van der Waals surface area contributed by atoms with Crippen LogP contribution in [-0.2, 0) is 0 Å². The van der Waals surface area contributed by atoms with Crippen molar-refractivity contribution in [2.45, 2.75) is 32.6 Å². The molecule has 0 spiro atoms. The lowest BCUT2D eigenvalue weighted by Gasteiger charge is -2.23. The van der Waals surface area contributed by atoms with E-state index >= 15 is 0 Å². The van der Waals surface area contributed by atoms with Gasteiger partial charge in [0.05, 0.1) is 0 Å². The molecule has 1 aliphatic carbocycles. The van der Waals surface area contributed by atoms with Crippen LogP contribution in [0.2, 0.25) is 0 Å². The zero-order valence-corrected chi connectivity index (χ0v) is 12.1. The Labute approximate surface area is 123 Å². The lowest BCUT2D eigenvalue weighted by molar-refractivity contribution is 0.361. The topological polar surface area (TPSA) is 107 Å². The lowest BCUT2D eigenvalue weighted by atomic mass is 9.89. The van der Waals surface area contributed by atoms with Gasteiger partial charge in [0.25, 0.3) is 5.95 Å². The number of aromatic nitrogens is 5. The van der Waals surface area contributed by atoms with Gasteiger partial charge in [-0.25, -0.2) is 10.5 Å². The summed E-state index contributed by atoms with van der Waals surface area (Å²) in [6.07, 6.45) is 8.51. The van der Waals surface area contributed by atoms with Crippen LogP contribution in [0.4, 0.5) is 11.9 Å². The molecule has 21 heavy (non-hydrogen) atoms. The Hall–Kier alpha value is -2.22. The molecule has 2 heterocycles. The molecule has 0 bridgehead atoms. The molecule has 0 saturated heterocycles. The van der Waals surface area contributed by atoms with Crippen molar-refractivity contribution in [2.24, 2.45) is 11.3 Å². The molecule has 4 N–H and O–H groups in total. The normalized spacial score (nSPS) is 16.9. The van der Waals surface area contributed by atoms with Gasteiger partial charge in [0.15, 0.2) is 0 Å². The number of nitrogens with zero attached hydrogens (tertiary/aromatic N) is 5. The summed E-state index contributed by atoms with van der Waals surface area (Å²) >= 11 is 0. The van der Waals surface area contributed by atoms with Crippen LogP contribution in [0, 0.1) is 5.41 Å². The monoisotopic (exact) mass is 288 g/mol. The van der Waals surface area contributed by atoms with Gasteiger partial charge in [0.1, 0.15) is 0 Å². The molecule has 2 aromatic heterocycles. The van der Waals surface area contributed by atoms with Crippen LogP contribution in [0.15, 0.2) is 18.5 Å². The van der Waals surface area contributed by atoms with Crippen molar-refractivity contribution in [3.05, 3.63) is 18.5 Å². The van der Waals surface area contributed by atoms with Crippen LogP contribution in [-0.4, -0.2) is 31.3 Å². The number of hydrazine groups is 1. The molecule has 8 heteroatoms. The fourth-order valence-electron chi connectivity index (χ4n) is 2.70. The van der Waals surface area contributed by atoms with Crippen molar-refractivity contribution in [3.63, 3.8) is 0 Å². The van der Waals surface area contributed by atoms with Gasteiger partial charge in [-0.3, -0.25) is 5.43 Å². The third kappa shape index (κ3) is 3.10. The van der Waals surface area contributed by atoms with Gasteiger partial charge in [0, 0.05) is 18.9 Å². The first-order valence-corrected chi connectivity index (χ1v) is 7.15. The second kappa shape index (κ2) is 5.65. The van der Waals surface area contributed by atoms with Gasteiger partial charge in [-0.15, -0.1) is 0 Å². The summed E-state index contributed by atoms with van der Waals surface area (Å²) in [5.74, 6) is 6.68. The summed E-state index contributed by atoms with van der Waals surface area (Å²) in [5.41, 5.74) is 2.78. The zero-order valence-electron chi connectivity index (χ0n) is 12.1. The largest absolute Gasteiger partial charge is 0.353 e. The first-order chi connectivity index (χ1) is 10.2. The summed E-state index contributed by atoms with van der Waals surface area (Å²) in [5, 5.41) is 7.43. The highest BCUT2D eigenvalue weighted by Gasteiger charge is 2.28. The van der Waals surface area contributed by atoms with Gasteiger partial charge in [-0.05, 0) is 24.3 Å². The van der Waals surface area contributed by atoms with E-state index in [1.807, 2.05) is 6.07 Å². The Bertz CT molecular complexity index is 588. The zero-order chi connectivity index (χ0) is 14.7. The summed E-state index contributed by atoms with van der Waals surface area (Å²) in [6.45, 7) is 3.14. The summed E-state index contributed by atoms with van der Waals surface area (Å²) in [4.78, 5) is 12.8. The van der Waals surface area contributed by atoms with E-state index in [9.17, 15) is 0 Å². The van der Waals surface area contributed by atoms with Crippen molar-refractivity contribution in [3.8, 4) is 5.95 Å². The van der Waals surface area contributed by atoms with E-state index in [1.165, 1.54) is 25.7 Å². The van der Waals surface area contributed by atoms with Crippen LogP contribution in [0.3, 0.4) is 0 Å². The van der Waals surface area contributed by atoms with Crippen molar-refractivity contribution in [1.29, 1.82) is 0 Å². The van der Waals surface area contributed by atoms with E-state index in [0.717, 1.165) is 6.54 Å². The molecule has 1 fully saturated rings. The van der Waals surface area contributed by atoms with E-state index < -0.39 is 0 Å². The van der Waals surface area contributed by atoms with E-state index in [-0.39, 0.29) is 0 Å². The van der Waals surface area contributed by atoms with Gasteiger partial charge >= 0.3 is 0 Å². The smallest absolute Gasteiger partial charge is 0.257 e. The van der Waals surface area contributed by atoms with Gasteiger partial charge in [0.2, 0.25) is 11.9 Å². The molecule has 0 atom stereocenters. The predicted molar refractivity (Wildman–Crippen MR) is 79.8 cm³/mol. The SMILES string of the molecule is CC1(CNc2nc(NN)nc(-n3cccn3)n2)CCCC1. The number of hydrogen-bond acceptors (Lipinski definition) is 7. The first-order valence-electron chi connectivity index (χ1n) is 7.15. The van der Waals surface area contributed by atoms with Gasteiger partial charge < -0.3 is 5.32 Å². The number of nitrogen functional groups attached to an aromatic ring is 1. The number of rotatable bonds is 5. The molecule has 1 aliphatic rings. The number of nitrogens with one attached hydrogen (secondary N) is 2. The second-order valence-corrected chi connectivity index (χ2v) is 5.75. The van der Waals surface area contributed by atoms with E-state index in [2.05, 4.69) is 37.7 Å². The Kier molecular flexibility index (Phi) is 3.70. The molecule has 112 valence electrons. The molecule has 0 radical (unpaired) electrons. The average molecular weight is 288 g/mol. The lowest BCUT2D eigenvalue weighted by Crippen LogP contribution is -2.25. The molecule has 8 nitrogen and oxygen atoms in total. The van der Waals surface area contributed by atoms with Crippen molar-refractivity contribution in [2.75, 3.05) is 17.3 Å². The second-order valence-electron chi connectivity index (χ2n) is 5.75. The maximum Gasteiger partial charge on any atom is 0.257 e. The van der Waals surface area contributed by atoms with Gasteiger partial charge in [-0.1, -0.05) is 19.8 Å². The molecule has 1 saturated carbocycles. The van der Waals surface area contributed by atoms with Crippen molar-refractivity contribution < 1.29 is 0 Å². The van der Waals surface area contributed by atoms with Crippen LogP contribution in [0.1, 0.15) is 32.6 Å². The molecular formula is C13H20N8. The Morgan fingerprint density at radius 1 is 1.24 bits per heavy atom. The third-order valence-electron chi connectivity index (χ3n) is 3.95. The Morgan fingerprint density at radius 2 is 2.00 bits per heavy atom. The Morgan fingerprint density at radius 3 is 2.67 bits per heavy atom. The first kappa shape index (κ1) is 13.7. The summed E-state index contributed by atoms with van der Waals surface area (Å²) in [6, 6.07) is 1.81. The average Bonchev–Trinajstić information content (AvgIpc) is 3.17. The quantitative estimate of drug-likeness (QED) is 0.563. The highest BCUT2D eigenvalue weighted by atomic mass is 15.4. The fraction of sp³-hybridized carbons (Fsp3) is 0.538. The van der Waals surface area contributed by atoms with Crippen molar-refractivity contribution >= 4 is 11.9 Å². The minimum absolute atomic E-state index is 0.314. The van der Waals surface area contributed by atoms with Crippen molar-refractivity contribution in [1.82, 2.24) is 24.7 Å². The number of hydrogen-bond donors (Lipinski definition) is 3. The molecule has 0 aromatic carbocycles. The maximum absolute atomic E-state index is 5.43. The molecule has 0 amide bonds. The molecular weight excluding hydrogens is 268 g/mol. The number of nitrogens with two attached hydrogens (primary N) is 1. The molecule has 2 aromatic rings. The molecule has 0 aliphatic heterocycles. The minimum atomic E-state index is 0.314. The highest BCUT2D eigenvalue weighted by molar-refractivity contribution is 5.37. The molecule has 0 unspecified atom stereocenters. The van der Waals surface area contributed by atoms with E-state index in [1.54, 1.807) is 17.1 Å². The van der Waals surface area contributed by atoms with Crippen LogP contribution < -0.4 is 16.6 Å². The Balaban J connectivity index is 1.79.